The van der Waals surface area contributed by atoms with Gasteiger partial charge in [-0.05, 0) is 24.4 Å². The average Bonchev–Trinajstić information content (AvgIpc) is 3.13. The monoisotopic (exact) mass is 249 g/mol. The van der Waals surface area contributed by atoms with E-state index in [1.54, 1.807) is 0 Å². The highest BCUT2D eigenvalue weighted by molar-refractivity contribution is 7.10. The number of hydrogen-bond acceptors (Lipinski definition) is 6. The van der Waals surface area contributed by atoms with Crippen molar-refractivity contribution in [3.63, 3.8) is 0 Å². The van der Waals surface area contributed by atoms with Gasteiger partial charge >= 0.3 is 0 Å². The van der Waals surface area contributed by atoms with Crippen molar-refractivity contribution in [1.82, 2.24) is 9.27 Å². The van der Waals surface area contributed by atoms with Gasteiger partial charge in [0.25, 0.3) is 0 Å². The van der Waals surface area contributed by atoms with E-state index in [4.69, 9.17) is 11.0 Å². The van der Waals surface area contributed by atoms with E-state index in [0.717, 1.165) is 37.2 Å². The van der Waals surface area contributed by atoms with Crippen LogP contribution in [-0.2, 0) is 0 Å². The number of nitrogens with two attached hydrogens (primary N) is 1. The van der Waals surface area contributed by atoms with Crippen LogP contribution in [0.25, 0.3) is 0 Å². The van der Waals surface area contributed by atoms with Crippen LogP contribution in [-0.4, -0.2) is 41.5 Å². The molecule has 1 aliphatic carbocycles. The average molecular weight is 249 g/mol. The van der Waals surface area contributed by atoms with Gasteiger partial charge in [-0.3, -0.25) is 4.90 Å². The third-order valence-electron chi connectivity index (χ3n) is 3.48. The fourth-order valence-electron chi connectivity index (χ4n) is 2.34. The van der Waals surface area contributed by atoms with E-state index in [0.29, 0.717) is 11.4 Å². The summed E-state index contributed by atoms with van der Waals surface area (Å²) in [4.78, 5) is 4.79. The molecule has 0 unspecified atom stereocenters. The quantitative estimate of drug-likeness (QED) is 0.842. The highest BCUT2D eigenvalue weighted by Crippen LogP contribution is 2.32. The summed E-state index contributed by atoms with van der Waals surface area (Å²) in [6.07, 6.45) is 2.72. The van der Waals surface area contributed by atoms with E-state index in [2.05, 4.69) is 20.2 Å². The maximum absolute atomic E-state index is 9.07. The first-order valence-corrected chi connectivity index (χ1v) is 6.71. The van der Waals surface area contributed by atoms with Crippen molar-refractivity contribution in [1.29, 1.82) is 5.26 Å². The number of hydrogen-bond donors (Lipinski definition) is 1. The molecule has 0 atom stereocenters. The molecule has 0 radical (unpaired) electrons. The topological polar surface area (TPSA) is 69.2 Å². The summed E-state index contributed by atoms with van der Waals surface area (Å²) in [6.45, 7) is 4.14. The van der Waals surface area contributed by atoms with Crippen molar-refractivity contribution in [2.45, 2.75) is 18.9 Å². The Labute approximate surface area is 105 Å². The number of nitrogen functional groups attached to an aromatic ring is 1. The summed E-state index contributed by atoms with van der Waals surface area (Å²) in [6, 6.07) is 2.99. The second kappa shape index (κ2) is 4.17. The lowest BCUT2D eigenvalue weighted by Crippen LogP contribution is -2.47. The Hall–Kier alpha value is -1.32. The number of piperazine rings is 1. The maximum atomic E-state index is 9.07. The van der Waals surface area contributed by atoms with Gasteiger partial charge in [0.15, 0.2) is 5.82 Å². The minimum atomic E-state index is 0.372. The molecule has 1 aromatic heterocycles. The molecule has 0 bridgehead atoms. The van der Waals surface area contributed by atoms with Gasteiger partial charge in [-0.1, -0.05) is 0 Å². The second-order valence-corrected chi connectivity index (χ2v) is 5.37. The molecule has 17 heavy (non-hydrogen) atoms. The van der Waals surface area contributed by atoms with Crippen LogP contribution in [0.15, 0.2) is 0 Å². The summed E-state index contributed by atoms with van der Waals surface area (Å²) in [5.41, 5.74) is 6.23. The Kier molecular flexibility index (Phi) is 2.65. The van der Waals surface area contributed by atoms with Crippen LogP contribution < -0.4 is 10.6 Å². The highest BCUT2D eigenvalue weighted by Gasteiger charge is 2.32. The molecule has 1 aliphatic heterocycles. The maximum Gasteiger partial charge on any atom is 0.157 e. The molecule has 90 valence electrons. The minimum absolute atomic E-state index is 0.372. The summed E-state index contributed by atoms with van der Waals surface area (Å²) in [5.74, 6) is 0.372. The highest BCUT2D eigenvalue weighted by atomic mass is 32.1. The van der Waals surface area contributed by atoms with Gasteiger partial charge in [-0.25, -0.2) is 0 Å². The van der Waals surface area contributed by atoms with Crippen LogP contribution in [0.4, 0.5) is 10.8 Å². The van der Waals surface area contributed by atoms with Crippen LogP contribution in [0.3, 0.4) is 0 Å². The predicted molar refractivity (Wildman–Crippen MR) is 68.0 cm³/mol. The number of anilines is 2. The summed E-state index contributed by atoms with van der Waals surface area (Å²) < 4.78 is 4.07. The van der Waals surface area contributed by atoms with E-state index in [1.807, 2.05) is 0 Å². The predicted octanol–water partition coefficient (Wildman–Crippen LogP) is 0.881. The number of rotatable bonds is 2. The van der Waals surface area contributed by atoms with Crippen molar-refractivity contribution in [2.75, 3.05) is 36.8 Å². The lowest BCUT2D eigenvalue weighted by atomic mass is 10.2. The van der Waals surface area contributed by atoms with Crippen LogP contribution >= 0.6 is 11.5 Å². The van der Waals surface area contributed by atoms with Crippen LogP contribution in [0.1, 0.15) is 18.4 Å². The lowest BCUT2D eigenvalue weighted by Gasteiger charge is -2.35. The molecule has 0 spiro atoms. The molecule has 2 N–H and O–H groups in total. The van der Waals surface area contributed by atoms with Crippen LogP contribution in [0.2, 0.25) is 0 Å². The molecule has 5 nitrogen and oxygen atoms in total. The van der Waals surface area contributed by atoms with Gasteiger partial charge < -0.3 is 10.6 Å². The molecule has 0 aromatic carbocycles. The lowest BCUT2D eigenvalue weighted by molar-refractivity contribution is 0.248. The SMILES string of the molecule is N#Cc1c(N)nsc1N1CCN(C2CC2)CC1. The molecular weight excluding hydrogens is 234 g/mol. The van der Waals surface area contributed by atoms with Crippen molar-refractivity contribution in [3.8, 4) is 6.07 Å². The largest absolute Gasteiger partial charge is 0.382 e. The Morgan fingerprint density at radius 1 is 1.29 bits per heavy atom. The third kappa shape index (κ3) is 1.96. The number of aromatic nitrogens is 1. The summed E-state index contributed by atoms with van der Waals surface area (Å²) >= 11 is 1.34. The molecule has 2 heterocycles. The fourth-order valence-corrected chi connectivity index (χ4v) is 3.16. The molecule has 1 saturated heterocycles. The Morgan fingerprint density at radius 3 is 2.59 bits per heavy atom. The molecule has 2 fully saturated rings. The zero-order valence-electron chi connectivity index (χ0n) is 9.59. The van der Waals surface area contributed by atoms with E-state index < -0.39 is 0 Å². The molecule has 3 rings (SSSR count). The second-order valence-electron chi connectivity index (χ2n) is 4.61. The Morgan fingerprint density at radius 2 is 2.00 bits per heavy atom. The van der Waals surface area contributed by atoms with Crippen molar-refractivity contribution >= 4 is 22.4 Å². The Balaban J connectivity index is 1.71. The van der Waals surface area contributed by atoms with E-state index in [1.165, 1.54) is 24.4 Å². The Bertz CT molecular complexity index is 451. The van der Waals surface area contributed by atoms with E-state index in [9.17, 15) is 0 Å². The van der Waals surface area contributed by atoms with Gasteiger partial charge in [0, 0.05) is 32.2 Å². The third-order valence-corrected chi connectivity index (χ3v) is 4.40. The van der Waals surface area contributed by atoms with Gasteiger partial charge in [0.2, 0.25) is 0 Å². The minimum Gasteiger partial charge on any atom is -0.382 e. The first-order chi connectivity index (χ1) is 8.29. The normalized spacial score (nSPS) is 21.5. The first kappa shape index (κ1) is 10.8. The van der Waals surface area contributed by atoms with Gasteiger partial charge in [0.05, 0.1) is 0 Å². The van der Waals surface area contributed by atoms with Crippen molar-refractivity contribution in [3.05, 3.63) is 5.56 Å². The molecule has 0 amide bonds. The van der Waals surface area contributed by atoms with Gasteiger partial charge in [0.1, 0.15) is 16.6 Å². The zero-order chi connectivity index (χ0) is 11.8. The standard InChI is InChI=1S/C11H15N5S/c12-7-9-10(13)14-17-11(9)16-5-3-15(4-6-16)8-1-2-8/h8H,1-6H2,(H2,13,14). The summed E-state index contributed by atoms with van der Waals surface area (Å²) in [5, 5.41) is 10.0. The van der Waals surface area contributed by atoms with Crippen LogP contribution in [0.5, 0.6) is 0 Å². The number of nitriles is 1. The summed E-state index contributed by atoms with van der Waals surface area (Å²) in [7, 11) is 0. The molecule has 1 aromatic rings. The zero-order valence-corrected chi connectivity index (χ0v) is 10.4. The van der Waals surface area contributed by atoms with Crippen LogP contribution in [0, 0.1) is 11.3 Å². The smallest absolute Gasteiger partial charge is 0.157 e. The van der Waals surface area contributed by atoms with Crippen molar-refractivity contribution < 1.29 is 0 Å². The molecule has 2 aliphatic rings. The first-order valence-electron chi connectivity index (χ1n) is 5.94. The fraction of sp³-hybridized carbons (Fsp3) is 0.636. The van der Waals surface area contributed by atoms with Gasteiger partial charge in [-0.15, -0.1) is 0 Å². The molecule has 6 heteroatoms. The number of nitrogens with zero attached hydrogens (tertiary/aromatic N) is 4. The molecule has 1 saturated carbocycles. The van der Waals surface area contributed by atoms with Gasteiger partial charge in [-0.2, -0.15) is 9.64 Å². The van der Waals surface area contributed by atoms with Crippen molar-refractivity contribution in [2.24, 2.45) is 0 Å². The van der Waals surface area contributed by atoms with E-state index >= 15 is 0 Å². The van der Waals surface area contributed by atoms with E-state index in [-0.39, 0.29) is 0 Å². The molecular formula is C11H15N5S.